The third-order valence-corrected chi connectivity index (χ3v) is 24.0. The molecule has 3 aliphatic heterocycles. The van der Waals surface area contributed by atoms with Crippen molar-refractivity contribution in [2.75, 3.05) is 151 Å². The first kappa shape index (κ1) is 114. The normalized spacial score (nSPS) is 21.1. The third kappa shape index (κ3) is 37.2. The molecule has 4 aromatic carbocycles. The summed E-state index contributed by atoms with van der Waals surface area (Å²) in [5, 5.41) is 19.3. The molecule has 7 rings (SSSR count). The lowest BCUT2D eigenvalue weighted by Gasteiger charge is -2.45. The molecule has 0 aromatic heterocycles. The number of amides is 5. The highest BCUT2D eigenvalue weighted by Crippen LogP contribution is 2.51. The number of carboxylic acid groups (broad SMARTS) is 1. The summed E-state index contributed by atoms with van der Waals surface area (Å²) in [7, 11) is 3.18. The van der Waals surface area contributed by atoms with E-state index in [1.54, 1.807) is 26.0 Å². The number of halogens is 4. The van der Waals surface area contributed by atoms with Gasteiger partial charge in [-0.15, -0.1) is 0 Å². The van der Waals surface area contributed by atoms with E-state index in [0.29, 0.717) is 44.6 Å². The fourth-order valence-electron chi connectivity index (χ4n) is 16.1. The van der Waals surface area contributed by atoms with Gasteiger partial charge in [0.2, 0.25) is 11.8 Å². The van der Waals surface area contributed by atoms with Crippen LogP contribution in [0.15, 0.2) is 97.1 Å². The summed E-state index contributed by atoms with van der Waals surface area (Å²) in [4.78, 5) is 156. The lowest BCUT2D eigenvalue weighted by Crippen LogP contribution is -2.63. The molecular weight excluding hydrogens is 1800 g/mol. The molecule has 0 bridgehead atoms. The highest BCUT2D eigenvalue weighted by atomic mass is 19.3. The summed E-state index contributed by atoms with van der Waals surface area (Å²) in [6.07, 6.45) is -1.87. The Balaban J connectivity index is 0.863. The number of rotatable bonds is 64. The van der Waals surface area contributed by atoms with Crippen LogP contribution in [0.2, 0.25) is 0 Å². The van der Waals surface area contributed by atoms with Crippen molar-refractivity contribution in [1.82, 2.24) is 20.9 Å². The largest absolute Gasteiger partial charge is 0.497 e. The molecule has 3 saturated heterocycles. The summed E-state index contributed by atoms with van der Waals surface area (Å²) in [6, 6.07) is 26.8. The SMILES string of the molecule is CC[C@H]1OC(OCCOCCOCCOCCCC(=O)c2cc(NC(=O)CCC(=O)CCCCCCCCC(=O)N3CC(C)(COC(=O)CCC(=O)O)C(C)(COC(c4ccccc4)(c4ccc(OC)cc4)c4ccc(OC)cc4)C3)cc(C(=O)NCCOCCOCCOCCOC3O[C@H](COC(C)=O)[C@H](OC(C)=O)[C@H](C)[C@H]3NC(=O)C(C)(F)F)c2)[C@H](NC(=O)C(C)(F)F)[C@@H](OC(C)=O)[C@H]1C. The predicted molar refractivity (Wildman–Crippen MR) is 487 cm³/mol. The van der Waals surface area contributed by atoms with Crippen molar-refractivity contribution in [2.24, 2.45) is 22.7 Å². The second-order valence-corrected chi connectivity index (χ2v) is 34.9. The summed E-state index contributed by atoms with van der Waals surface area (Å²) >= 11 is 0. The van der Waals surface area contributed by atoms with Crippen LogP contribution in [0.5, 0.6) is 11.5 Å². The monoisotopic (exact) mass is 1940 g/mol. The molecule has 0 spiro atoms. The van der Waals surface area contributed by atoms with Crippen molar-refractivity contribution < 1.29 is 161 Å². The van der Waals surface area contributed by atoms with Gasteiger partial charge in [0.05, 0.1) is 138 Å². The molecule has 12 atom stereocenters. The number of anilines is 1. The van der Waals surface area contributed by atoms with Gasteiger partial charge >= 0.3 is 41.7 Å². The minimum atomic E-state index is -3.77. The highest BCUT2D eigenvalue weighted by molar-refractivity contribution is 6.04. The zero-order chi connectivity index (χ0) is 100. The zero-order valence-electron chi connectivity index (χ0n) is 80.5. The standard InChI is InChI=1S/C98H137F4N5O30/c1-13-79-64(2)88(135-68(6)110)86(106-93(120)97(10,101)102)91(136-79)130-55-53-128-50-48-125-46-44-123-42-23-27-78(112)69-56-70(89(118)103-41-43-124-45-47-126-49-51-127-52-54-129-90-85(105-92(119)96(9,99)100)65(3)87(134-67(5)109)80(137-90)59-131-66(4)108)58-74(57-69)104-81(113)38-33-75(111)26-21-16-14-15-17-22-28-82(114)107-60-94(7,62-132-84(117)40-39-83(115)116)95(8,61-107)63-133-98(71-24-19-18-20-25-71,72-29-34-76(121-11)35-30-72)73-31-36-77(122-12)37-32-73/h18-20,24-25,29-32,34-37,56-58,64-65,79-80,85-88,90-91H,13-17,21-23,26-28,33,38-55,59-63H2,1-12H3,(H,103,118)(H,104,113)(H,105,119)(H,106,120)(H,115,116)/t64-,65+,79+,80+,85+,86+,87+,88-,90?,91?,94?,95?/m0/s1. The van der Waals surface area contributed by atoms with E-state index >= 15 is 0 Å². The summed E-state index contributed by atoms with van der Waals surface area (Å²) in [6.45, 7) is 14.5. The van der Waals surface area contributed by atoms with Gasteiger partial charge in [0.25, 0.3) is 17.7 Å². The number of likely N-dealkylation sites (tertiary alicyclic amines) is 1. The number of carbonyl (C=O) groups excluding carboxylic acids is 11. The van der Waals surface area contributed by atoms with Crippen LogP contribution in [-0.2, 0) is 125 Å². The number of ether oxygens (including phenoxy) is 17. The quantitative estimate of drug-likeness (QED) is 0.00684. The number of alkyl halides is 4. The van der Waals surface area contributed by atoms with Gasteiger partial charge in [0.15, 0.2) is 18.4 Å². The number of ketones is 2. The minimum Gasteiger partial charge on any atom is -0.497 e. The van der Waals surface area contributed by atoms with Gasteiger partial charge in [-0.1, -0.05) is 115 Å². The van der Waals surface area contributed by atoms with Crippen molar-refractivity contribution >= 4 is 76.6 Å². The van der Waals surface area contributed by atoms with Crippen LogP contribution in [0.4, 0.5) is 23.2 Å². The third-order valence-electron chi connectivity index (χ3n) is 24.0. The average molecular weight is 1940 g/mol. The Kier molecular flexibility index (Phi) is 47.7. The first-order valence-corrected chi connectivity index (χ1v) is 46.5. The van der Waals surface area contributed by atoms with Crippen LogP contribution in [-0.4, -0.2) is 288 Å². The molecule has 4 unspecified atom stereocenters. The summed E-state index contributed by atoms with van der Waals surface area (Å²) in [5.41, 5.74) is -0.185. The van der Waals surface area contributed by atoms with Crippen molar-refractivity contribution in [2.45, 2.75) is 232 Å². The number of benzene rings is 4. The molecule has 3 heterocycles. The van der Waals surface area contributed by atoms with E-state index < -0.39 is 149 Å². The lowest BCUT2D eigenvalue weighted by molar-refractivity contribution is -0.265. The molecule has 39 heteroatoms. The smallest absolute Gasteiger partial charge is 0.321 e. The van der Waals surface area contributed by atoms with Crippen LogP contribution >= 0.6 is 0 Å². The highest BCUT2D eigenvalue weighted by Gasteiger charge is 2.57. The Morgan fingerprint density at radius 1 is 0.496 bits per heavy atom. The number of hydrogen-bond donors (Lipinski definition) is 5. The Labute approximate surface area is 797 Å². The second kappa shape index (κ2) is 57.4. The number of unbranched alkanes of at least 4 members (excludes halogenated alkanes) is 5. The molecule has 0 aliphatic carbocycles. The number of carbonyl (C=O) groups is 12. The van der Waals surface area contributed by atoms with E-state index in [1.807, 2.05) is 99.6 Å². The second-order valence-electron chi connectivity index (χ2n) is 34.9. The molecule has 4 aromatic rings. The van der Waals surface area contributed by atoms with Gasteiger partial charge < -0.3 is 112 Å². The van der Waals surface area contributed by atoms with Crippen LogP contribution in [0.25, 0.3) is 0 Å². The maximum absolute atomic E-state index is 14.3. The fourth-order valence-corrected chi connectivity index (χ4v) is 16.1. The summed E-state index contributed by atoms with van der Waals surface area (Å²) in [5.74, 6) is -16.3. The van der Waals surface area contributed by atoms with Crippen LogP contribution in [0, 0.1) is 22.7 Å². The van der Waals surface area contributed by atoms with Crippen molar-refractivity contribution in [1.29, 1.82) is 0 Å². The first-order valence-electron chi connectivity index (χ1n) is 46.5. The Morgan fingerprint density at radius 3 is 1.50 bits per heavy atom. The van der Waals surface area contributed by atoms with Gasteiger partial charge in [0, 0.05) is 132 Å². The van der Waals surface area contributed by atoms with Gasteiger partial charge in [-0.2, -0.15) is 17.6 Å². The van der Waals surface area contributed by atoms with E-state index in [4.69, 9.17) is 80.5 Å². The number of Topliss-reactive ketones (excluding diaryl/α,β-unsaturated/α-hetero) is 2. The van der Waals surface area contributed by atoms with Crippen molar-refractivity contribution in [3.05, 3.63) is 125 Å². The number of carboxylic acids is 1. The average Bonchev–Trinajstić information content (AvgIpc) is 1.67. The topological polar surface area (TPSA) is 433 Å². The molecule has 5 amide bonds. The maximum Gasteiger partial charge on any atom is 0.321 e. The number of nitrogens with one attached hydrogen (secondary N) is 4. The molecule has 35 nitrogen and oxygen atoms in total. The number of nitrogens with zero attached hydrogens (tertiary/aromatic N) is 1. The molecule has 3 fully saturated rings. The Morgan fingerprint density at radius 2 is 0.978 bits per heavy atom. The molecule has 3 aliphatic rings. The van der Waals surface area contributed by atoms with Crippen LogP contribution < -0.4 is 30.7 Å². The van der Waals surface area contributed by atoms with E-state index in [9.17, 15) is 80.2 Å². The van der Waals surface area contributed by atoms with Crippen molar-refractivity contribution in [3.8, 4) is 11.5 Å². The molecule has 762 valence electrons. The molecule has 5 N–H and O–H groups in total. The predicted octanol–water partition coefficient (Wildman–Crippen LogP) is 11.0. The van der Waals surface area contributed by atoms with Crippen LogP contribution in [0.1, 0.15) is 203 Å². The van der Waals surface area contributed by atoms with E-state index in [0.717, 1.165) is 56.2 Å². The molecule has 0 radical (unpaired) electrons. The molecular formula is C98H137F4N5O30. The number of hydrogen-bond acceptors (Lipinski definition) is 29. The van der Waals surface area contributed by atoms with E-state index in [-0.39, 0.29) is 211 Å². The van der Waals surface area contributed by atoms with E-state index in [2.05, 4.69) is 21.3 Å². The zero-order valence-corrected chi connectivity index (χ0v) is 80.5. The van der Waals surface area contributed by atoms with Crippen molar-refractivity contribution in [3.63, 3.8) is 0 Å². The Hall–Kier alpha value is -10.2. The van der Waals surface area contributed by atoms with Gasteiger partial charge in [-0.25, -0.2) is 0 Å². The van der Waals surface area contributed by atoms with E-state index in [1.165, 1.54) is 32.0 Å². The summed E-state index contributed by atoms with van der Waals surface area (Å²) < 4.78 is 154. The molecule has 0 saturated carbocycles. The molecule has 137 heavy (non-hydrogen) atoms. The minimum absolute atomic E-state index is 0.0166. The van der Waals surface area contributed by atoms with Gasteiger partial charge in [0.1, 0.15) is 53.8 Å². The van der Waals surface area contributed by atoms with Gasteiger partial charge in [-0.05, 0) is 84.8 Å². The number of aliphatic carboxylic acids is 1. The fraction of sp³-hybridized carbons (Fsp3) is 0.633. The van der Waals surface area contributed by atoms with Crippen LogP contribution in [0.3, 0.4) is 0 Å². The maximum atomic E-state index is 14.3. The van der Waals surface area contributed by atoms with Gasteiger partial charge in [-0.3, -0.25) is 57.5 Å². The first-order chi connectivity index (χ1) is 65.2. The lowest BCUT2D eigenvalue weighted by atomic mass is 9.68. The number of methoxy groups -OCH3 is 2. The number of esters is 4. The Bertz CT molecular complexity index is 4440.